The number of benzene rings is 1. The van der Waals surface area contributed by atoms with Gasteiger partial charge in [0.15, 0.2) is 0 Å². The fourth-order valence-corrected chi connectivity index (χ4v) is 2.68. The van der Waals surface area contributed by atoms with Gasteiger partial charge < -0.3 is 9.47 Å². The van der Waals surface area contributed by atoms with Gasteiger partial charge >= 0.3 is 6.16 Å². The van der Waals surface area contributed by atoms with Crippen molar-refractivity contribution >= 4 is 17.1 Å². The highest BCUT2D eigenvalue weighted by Crippen LogP contribution is 2.27. The number of aromatic nitrogens is 1. The first-order valence-electron chi connectivity index (χ1n) is 9.18. The first-order valence-corrected chi connectivity index (χ1v) is 9.18. The molecule has 0 aliphatic heterocycles. The van der Waals surface area contributed by atoms with Crippen LogP contribution in [0.15, 0.2) is 30.3 Å². The lowest BCUT2D eigenvalue weighted by Gasteiger charge is -2.19. The average Bonchev–Trinajstić information content (AvgIpc) is 2.53. The van der Waals surface area contributed by atoms with Crippen LogP contribution in [0, 0.1) is 0 Å². The minimum Gasteiger partial charge on any atom is -0.428 e. The van der Waals surface area contributed by atoms with Gasteiger partial charge in [0.05, 0.1) is 5.52 Å². The van der Waals surface area contributed by atoms with E-state index in [1.807, 2.05) is 51.1 Å². The van der Waals surface area contributed by atoms with Crippen LogP contribution in [0.5, 0.6) is 5.75 Å². The molecule has 0 aliphatic rings. The zero-order valence-electron chi connectivity index (χ0n) is 15.8. The van der Waals surface area contributed by atoms with Gasteiger partial charge in [0.1, 0.15) is 11.4 Å². The van der Waals surface area contributed by atoms with Crippen LogP contribution in [-0.2, 0) is 11.2 Å². The lowest BCUT2D eigenvalue weighted by Crippen LogP contribution is -2.26. The molecule has 4 nitrogen and oxygen atoms in total. The molecule has 0 aliphatic carbocycles. The highest BCUT2D eigenvalue weighted by molar-refractivity contribution is 5.87. The highest BCUT2D eigenvalue weighted by Gasteiger charge is 2.19. The maximum atomic E-state index is 12.1. The summed E-state index contributed by atoms with van der Waals surface area (Å²) < 4.78 is 10.8. The van der Waals surface area contributed by atoms with E-state index in [2.05, 4.69) is 6.92 Å². The maximum absolute atomic E-state index is 12.1. The van der Waals surface area contributed by atoms with Crippen molar-refractivity contribution in [3.63, 3.8) is 0 Å². The van der Waals surface area contributed by atoms with E-state index in [1.54, 1.807) is 0 Å². The number of fused-ring (bicyclic) bond motifs is 1. The van der Waals surface area contributed by atoms with Crippen molar-refractivity contribution < 1.29 is 14.3 Å². The van der Waals surface area contributed by atoms with Crippen LogP contribution in [0.3, 0.4) is 0 Å². The molecule has 0 radical (unpaired) electrons. The first-order chi connectivity index (χ1) is 11.9. The third-order valence-corrected chi connectivity index (χ3v) is 3.85. The summed E-state index contributed by atoms with van der Waals surface area (Å²) in [6.45, 7) is 7.67. The van der Waals surface area contributed by atoms with Gasteiger partial charge in [0.25, 0.3) is 0 Å². The average molecular weight is 343 g/mol. The van der Waals surface area contributed by atoms with Crippen LogP contribution in [0.4, 0.5) is 4.79 Å². The minimum atomic E-state index is -0.683. The lowest BCUT2D eigenvalue weighted by atomic mass is 10.1. The molecular formula is C21H29NO3. The van der Waals surface area contributed by atoms with Gasteiger partial charge in [-0.2, -0.15) is 0 Å². The van der Waals surface area contributed by atoms with Gasteiger partial charge in [-0.1, -0.05) is 44.7 Å². The molecule has 0 fully saturated rings. The third kappa shape index (κ3) is 6.37. The Morgan fingerprint density at radius 2 is 1.80 bits per heavy atom. The van der Waals surface area contributed by atoms with E-state index in [0.29, 0.717) is 5.75 Å². The molecule has 1 aromatic heterocycles. The quantitative estimate of drug-likeness (QED) is 0.453. The molecule has 0 spiro atoms. The second-order valence-electron chi connectivity index (χ2n) is 7.36. The van der Waals surface area contributed by atoms with Crippen molar-refractivity contribution in [1.29, 1.82) is 0 Å². The van der Waals surface area contributed by atoms with Crippen LogP contribution in [-0.4, -0.2) is 16.7 Å². The number of pyridine rings is 1. The van der Waals surface area contributed by atoms with Gasteiger partial charge in [0, 0.05) is 17.1 Å². The molecule has 1 heterocycles. The van der Waals surface area contributed by atoms with E-state index in [-0.39, 0.29) is 0 Å². The van der Waals surface area contributed by atoms with E-state index < -0.39 is 11.8 Å². The summed E-state index contributed by atoms with van der Waals surface area (Å²) in [6, 6.07) is 9.57. The number of hydrogen-bond donors (Lipinski definition) is 0. The fraction of sp³-hybridized carbons (Fsp3) is 0.524. The van der Waals surface area contributed by atoms with Gasteiger partial charge in [-0.05, 0) is 45.7 Å². The number of unbranched alkanes of at least 4 members (excludes halogenated alkanes) is 4. The van der Waals surface area contributed by atoms with Crippen LogP contribution in [0.2, 0.25) is 0 Å². The summed E-state index contributed by atoms with van der Waals surface area (Å²) in [4.78, 5) is 16.8. The molecular weight excluding hydrogens is 314 g/mol. The Labute approximate surface area is 150 Å². The van der Waals surface area contributed by atoms with Crippen molar-refractivity contribution in [3.8, 4) is 5.75 Å². The summed E-state index contributed by atoms with van der Waals surface area (Å²) in [5, 5.41) is 0.822. The van der Waals surface area contributed by atoms with Crippen molar-refractivity contribution in [2.45, 2.75) is 71.8 Å². The summed E-state index contributed by atoms with van der Waals surface area (Å²) >= 11 is 0. The van der Waals surface area contributed by atoms with Crippen molar-refractivity contribution in [1.82, 2.24) is 4.98 Å². The minimum absolute atomic E-state index is 0.517. The van der Waals surface area contributed by atoms with Crippen molar-refractivity contribution in [3.05, 3.63) is 36.0 Å². The zero-order chi connectivity index (χ0) is 18.3. The van der Waals surface area contributed by atoms with Crippen LogP contribution in [0.25, 0.3) is 10.9 Å². The van der Waals surface area contributed by atoms with E-state index in [9.17, 15) is 4.79 Å². The molecule has 0 N–H and O–H groups in total. The van der Waals surface area contributed by atoms with E-state index >= 15 is 0 Å². The lowest BCUT2D eigenvalue weighted by molar-refractivity contribution is 0.0209. The largest absolute Gasteiger partial charge is 0.514 e. The molecule has 2 aromatic rings. The highest BCUT2D eigenvalue weighted by atomic mass is 16.7. The first kappa shape index (κ1) is 19.2. The SMILES string of the molecule is CCCCCCCc1cc(OC(=O)OC(C)(C)C)c2ccccc2n1. The number of hydrogen-bond acceptors (Lipinski definition) is 4. The van der Waals surface area contributed by atoms with Crippen molar-refractivity contribution in [2.24, 2.45) is 0 Å². The smallest absolute Gasteiger partial charge is 0.428 e. The Balaban J connectivity index is 2.14. The monoisotopic (exact) mass is 343 g/mol. The number of aryl methyl sites for hydroxylation is 1. The topological polar surface area (TPSA) is 48.4 Å². The second kappa shape index (κ2) is 8.84. The second-order valence-corrected chi connectivity index (χ2v) is 7.36. The number of carbonyl (C=O) groups is 1. The molecule has 0 unspecified atom stereocenters. The number of para-hydroxylation sites is 1. The Bertz CT molecular complexity index is 704. The van der Waals surface area contributed by atoms with Crippen molar-refractivity contribution in [2.75, 3.05) is 0 Å². The zero-order valence-corrected chi connectivity index (χ0v) is 15.8. The Kier molecular flexibility index (Phi) is 6.80. The standard InChI is InChI=1S/C21H29NO3/c1-5-6-7-8-9-12-16-15-19(24-20(23)25-21(2,3)4)17-13-10-11-14-18(17)22-16/h10-11,13-15H,5-9,12H2,1-4H3. The molecule has 0 atom stereocenters. The van der Waals surface area contributed by atoms with Crippen LogP contribution < -0.4 is 4.74 Å². The van der Waals surface area contributed by atoms with Gasteiger partial charge in [-0.25, -0.2) is 4.79 Å². The number of nitrogens with zero attached hydrogens (tertiary/aromatic N) is 1. The summed E-state index contributed by atoms with van der Waals surface area (Å²) in [5.74, 6) is 0.517. The molecule has 0 bridgehead atoms. The van der Waals surface area contributed by atoms with Gasteiger partial charge in [-0.3, -0.25) is 4.98 Å². The van der Waals surface area contributed by atoms with E-state index in [0.717, 1.165) is 29.4 Å². The Hall–Kier alpha value is -2.10. The number of carbonyl (C=O) groups excluding carboxylic acids is 1. The van der Waals surface area contributed by atoms with Crippen LogP contribution in [0.1, 0.15) is 65.5 Å². The molecule has 2 rings (SSSR count). The molecule has 0 saturated carbocycles. The number of rotatable bonds is 7. The molecule has 0 saturated heterocycles. The molecule has 1 aromatic carbocycles. The third-order valence-electron chi connectivity index (χ3n) is 3.85. The summed E-state index contributed by atoms with van der Waals surface area (Å²) in [5.41, 5.74) is 1.21. The van der Waals surface area contributed by atoms with Gasteiger partial charge in [-0.15, -0.1) is 0 Å². The summed E-state index contributed by atoms with van der Waals surface area (Å²) in [7, 11) is 0. The number of ether oxygens (including phenoxy) is 2. The maximum Gasteiger partial charge on any atom is 0.514 e. The van der Waals surface area contributed by atoms with E-state index in [1.165, 1.54) is 25.7 Å². The molecule has 0 amide bonds. The van der Waals surface area contributed by atoms with Gasteiger partial charge in [0.2, 0.25) is 0 Å². The molecule has 4 heteroatoms. The fourth-order valence-electron chi connectivity index (χ4n) is 2.68. The Morgan fingerprint density at radius 3 is 2.52 bits per heavy atom. The predicted molar refractivity (Wildman–Crippen MR) is 101 cm³/mol. The molecule has 25 heavy (non-hydrogen) atoms. The molecule has 136 valence electrons. The Morgan fingerprint density at radius 1 is 1.08 bits per heavy atom. The predicted octanol–water partition coefficient (Wildman–Crippen LogP) is 6.06. The van der Waals surface area contributed by atoms with Crippen LogP contribution >= 0.6 is 0 Å². The van der Waals surface area contributed by atoms with E-state index in [4.69, 9.17) is 14.5 Å². The normalized spacial score (nSPS) is 11.5. The summed E-state index contributed by atoms with van der Waals surface area (Å²) in [6.07, 6.45) is 6.27.